The van der Waals surface area contributed by atoms with E-state index in [1.54, 1.807) is 0 Å². The minimum atomic E-state index is -0.0353. The summed E-state index contributed by atoms with van der Waals surface area (Å²) < 4.78 is 10.8. The van der Waals surface area contributed by atoms with E-state index in [1.807, 2.05) is 0 Å². The fraction of sp³-hybridized carbons (Fsp3) is 0.875. The van der Waals surface area contributed by atoms with Crippen molar-refractivity contribution in [3.63, 3.8) is 0 Å². The van der Waals surface area contributed by atoms with E-state index in [9.17, 15) is 4.79 Å². The molecule has 0 aromatic rings. The monoisotopic (exact) mass is 154 g/mol. The van der Waals surface area contributed by atoms with Crippen LogP contribution in [0.4, 0.5) is 0 Å². The maximum atomic E-state index is 11.1. The van der Waals surface area contributed by atoms with Gasteiger partial charge >= 0.3 is 5.97 Å². The fourth-order valence-electron chi connectivity index (χ4n) is 2.52. The highest BCUT2D eigenvalue weighted by Gasteiger charge is 2.61. The lowest BCUT2D eigenvalue weighted by Gasteiger charge is -2.16. The summed E-state index contributed by atoms with van der Waals surface area (Å²) >= 11 is 0. The number of rotatable bonds is 0. The van der Waals surface area contributed by atoms with Crippen molar-refractivity contribution in [1.29, 1.82) is 0 Å². The second-order valence-electron chi connectivity index (χ2n) is 3.74. The van der Waals surface area contributed by atoms with Gasteiger partial charge in [0.15, 0.2) is 0 Å². The zero-order valence-electron chi connectivity index (χ0n) is 6.32. The molecule has 0 amide bonds. The average molecular weight is 154 g/mol. The number of hydrogen-bond acceptors (Lipinski definition) is 3. The largest absolute Gasteiger partial charge is 0.459 e. The van der Waals surface area contributed by atoms with E-state index < -0.39 is 0 Å². The van der Waals surface area contributed by atoms with Crippen LogP contribution in [0.25, 0.3) is 0 Å². The molecule has 3 heterocycles. The molecular weight excluding hydrogens is 144 g/mol. The molecule has 5 atom stereocenters. The number of esters is 1. The minimum absolute atomic E-state index is 0.0353. The molecule has 3 rings (SSSR count). The lowest BCUT2D eigenvalue weighted by Crippen LogP contribution is -2.29. The molecule has 60 valence electrons. The molecule has 0 radical (unpaired) electrons. The molecule has 3 saturated heterocycles. The van der Waals surface area contributed by atoms with Gasteiger partial charge in [-0.3, -0.25) is 4.79 Å². The van der Waals surface area contributed by atoms with Crippen LogP contribution < -0.4 is 0 Å². The summed E-state index contributed by atoms with van der Waals surface area (Å²) in [5, 5.41) is 0. The van der Waals surface area contributed by atoms with E-state index in [1.165, 1.54) is 0 Å². The van der Waals surface area contributed by atoms with Crippen molar-refractivity contribution in [2.75, 3.05) is 0 Å². The van der Waals surface area contributed by atoms with Crippen molar-refractivity contribution in [2.24, 2.45) is 11.8 Å². The van der Waals surface area contributed by atoms with Crippen LogP contribution >= 0.6 is 0 Å². The first-order chi connectivity index (χ1) is 5.27. The van der Waals surface area contributed by atoms with Crippen LogP contribution in [0.15, 0.2) is 0 Å². The Morgan fingerprint density at radius 2 is 2.27 bits per heavy atom. The number of carbonyl (C=O) groups is 1. The van der Waals surface area contributed by atoms with Gasteiger partial charge in [0.05, 0.1) is 12.0 Å². The van der Waals surface area contributed by atoms with Gasteiger partial charge in [-0.2, -0.15) is 0 Å². The van der Waals surface area contributed by atoms with Gasteiger partial charge in [-0.15, -0.1) is 0 Å². The Morgan fingerprint density at radius 3 is 2.91 bits per heavy atom. The molecule has 3 fully saturated rings. The molecule has 3 heteroatoms. The predicted molar refractivity (Wildman–Crippen MR) is 35.8 cm³/mol. The lowest BCUT2D eigenvalue weighted by atomic mass is 9.83. The molecule has 3 aliphatic rings. The van der Waals surface area contributed by atoms with Crippen LogP contribution in [0.3, 0.4) is 0 Å². The van der Waals surface area contributed by atoms with E-state index >= 15 is 0 Å². The SMILES string of the molecule is CC1C2CC3C(=O)OC1C3O2. The van der Waals surface area contributed by atoms with Gasteiger partial charge in [-0.05, 0) is 6.42 Å². The van der Waals surface area contributed by atoms with Crippen LogP contribution in [-0.4, -0.2) is 24.3 Å². The number of ether oxygens (including phenoxy) is 2. The zero-order chi connectivity index (χ0) is 7.59. The molecule has 3 nitrogen and oxygen atoms in total. The molecule has 2 bridgehead atoms. The first kappa shape index (κ1) is 6.00. The van der Waals surface area contributed by atoms with Gasteiger partial charge in [0.1, 0.15) is 12.2 Å². The van der Waals surface area contributed by atoms with E-state index in [0.717, 1.165) is 6.42 Å². The van der Waals surface area contributed by atoms with Gasteiger partial charge in [0, 0.05) is 5.92 Å². The minimum Gasteiger partial charge on any atom is -0.459 e. The number of carbonyl (C=O) groups excluding carboxylic acids is 1. The highest BCUT2D eigenvalue weighted by atomic mass is 16.6. The molecule has 0 N–H and O–H groups in total. The Morgan fingerprint density at radius 1 is 1.45 bits per heavy atom. The molecule has 0 aromatic heterocycles. The molecule has 0 saturated carbocycles. The third-order valence-electron chi connectivity index (χ3n) is 3.20. The third-order valence-corrected chi connectivity index (χ3v) is 3.20. The predicted octanol–water partition coefficient (Wildman–Crippen LogP) is 0.335. The molecule has 0 aliphatic carbocycles. The Balaban J connectivity index is 2.04. The number of fused-ring (bicyclic) bond motifs is 1. The van der Waals surface area contributed by atoms with Crippen molar-refractivity contribution in [3.8, 4) is 0 Å². The van der Waals surface area contributed by atoms with Crippen LogP contribution in [0, 0.1) is 11.8 Å². The van der Waals surface area contributed by atoms with Gasteiger partial charge < -0.3 is 9.47 Å². The van der Waals surface area contributed by atoms with Gasteiger partial charge in [0.2, 0.25) is 0 Å². The maximum absolute atomic E-state index is 11.1. The maximum Gasteiger partial charge on any atom is 0.312 e. The smallest absolute Gasteiger partial charge is 0.312 e. The standard InChI is InChI=1S/C8H10O3/c1-3-5-2-4-7(10-5)6(3)11-8(4)9/h3-7H,2H2,1H3. The topological polar surface area (TPSA) is 35.5 Å². The van der Waals surface area contributed by atoms with E-state index in [-0.39, 0.29) is 24.1 Å². The van der Waals surface area contributed by atoms with Crippen LogP contribution in [0.2, 0.25) is 0 Å². The first-order valence-electron chi connectivity index (χ1n) is 4.13. The molecular formula is C8H10O3. The van der Waals surface area contributed by atoms with Gasteiger partial charge in [-0.25, -0.2) is 0 Å². The third kappa shape index (κ3) is 0.527. The van der Waals surface area contributed by atoms with Crippen LogP contribution in [0.1, 0.15) is 13.3 Å². The van der Waals surface area contributed by atoms with Crippen LogP contribution in [0.5, 0.6) is 0 Å². The number of hydrogen-bond donors (Lipinski definition) is 0. The summed E-state index contributed by atoms with van der Waals surface area (Å²) in [5.74, 6) is 0.454. The van der Waals surface area contributed by atoms with E-state index in [2.05, 4.69) is 6.92 Å². The van der Waals surface area contributed by atoms with Crippen molar-refractivity contribution < 1.29 is 14.3 Å². The molecule has 11 heavy (non-hydrogen) atoms. The van der Waals surface area contributed by atoms with Crippen molar-refractivity contribution in [3.05, 3.63) is 0 Å². The Kier molecular flexibility index (Phi) is 0.876. The molecule has 5 unspecified atom stereocenters. The summed E-state index contributed by atoms with van der Waals surface area (Å²) in [6.07, 6.45) is 1.36. The average Bonchev–Trinajstić information content (AvgIpc) is 2.53. The van der Waals surface area contributed by atoms with Crippen LogP contribution in [-0.2, 0) is 14.3 Å². The zero-order valence-corrected chi connectivity index (χ0v) is 6.32. The summed E-state index contributed by atoms with van der Waals surface area (Å²) in [6, 6.07) is 0. The second kappa shape index (κ2) is 1.61. The summed E-state index contributed by atoms with van der Waals surface area (Å²) in [6.45, 7) is 2.10. The quantitative estimate of drug-likeness (QED) is 0.472. The lowest BCUT2D eigenvalue weighted by molar-refractivity contribution is -0.144. The van der Waals surface area contributed by atoms with Gasteiger partial charge in [0.25, 0.3) is 0 Å². The highest BCUT2D eigenvalue weighted by Crippen LogP contribution is 2.48. The van der Waals surface area contributed by atoms with Gasteiger partial charge in [-0.1, -0.05) is 6.92 Å². The second-order valence-corrected chi connectivity index (χ2v) is 3.74. The first-order valence-corrected chi connectivity index (χ1v) is 4.13. The Hall–Kier alpha value is -0.570. The fourth-order valence-corrected chi connectivity index (χ4v) is 2.52. The molecule has 3 aliphatic heterocycles. The van der Waals surface area contributed by atoms with Crippen molar-refractivity contribution in [2.45, 2.75) is 31.7 Å². The summed E-state index contributed by atoms with van der Waals surface area (Å²) in [4.78, 5) is 11.1. The van der Waals surface area contributed by atoms with Crippen molar-refractivity contribution in [1.82, 2.24) is 0 Å². The normalized spacial score (nSPS) is 58.6. The van der Waals surface area contributed by atoms with E-state index in [0.29, 0.717) is 12.0 Å². The Bertz CT molecular complexity index is 225. The van der Waals surface area contributed by atoms with Crippen molar-refractivity contribution >= 4 is 5.97 Å². The van der Waals surface area contributed by atoms with E-state index in [4.69, 9.17) is 9.47 Å². The Labute approximate surface area is 64.7 Å². The summed E-state index contributed by atoms with van der Waals surface area (Å²) in [5.41, 5.74) is 0. The summed E-state index contributed by atoms with van der Waals surface area (Å²) in [7, 11) is 0. The highest BCUT2D eigenvalue weighted by molar-refractivity contribution is 5.77. The molecule has 0 spiro atoms. The molecule has 0 aromatic carbocycles.